The Hall–Kier alpha value is -0.980. The van der Waals surface area contributed by atoms with Crippen molar-refractivity contribution >= 4 is 34.5 Å². The van der Waals surface area contributed by atoms with E-state index < -0.39 is 0 Å². The summed E-state index contributed by atoms with van der Waals surface area (Å²) in [5, 5.41) is 4.04. The maximum absolute atomic E-state index is 12.2. The van der Waals surface area contributed by atoms with Gasteiger partial charge in [-0.15, -0.1) is 0 Å². The fourth-order valence-electron chi connectivity index (χ4n) is 2.35. The maximum Gasteiger partial charge on any atom is 0.227 e. The average Bonchev–Trinajstić information content (AvgIpc) is 2.91. The lowest BCUT2D eigenvalue weighted by Crippen LogP contribution is -2.60. The van der Waals surface area contributed by atoms with Crippen molar-refractivity contribution in [2.24, 2.45) is 5.73 Å². The Morgan fingerprint density at radius 1 is 1.40 bits per heavy atom. The van der Waals surface area contributed by atoms with Gasteiger partial charge in [0.1, 0.15) is 0 Å². The third-order valence-electron chi connectivity index (χ3n) is 3.96. The molecule has 0 unspecified atom stereocenters. The van der Waals surface area contributed by atoms with Crippen LogP contribution in [-0.2, 0) is 11.2 Å². The second-order valence-corrected chi connectivity index (χ2v) is 6.82. The number of hydrogen-bond acceptors (Lipinski definition) is 4. The number of thiocarbonyl (C=S) groups is 1. The number of carbonyl (C=O) groups excluding carboxylic acids is 1. The van der Waals surface area contributed by atoms with E-state index in [0.29, 0.717) is 11.4 Å². The molecule has 0 bridgehead atoms. The molecule has 1 aromatic heterocycles. The number of piperazine rings is 1. The molecule has 1 fully saturated rings. The molecule has 1 saturated heterocycles. The molecule has 2 rings (SSSR count). The van der Waals surface area contributed by atoms with E-state index in [2.05, 4.69) is 4.90 Å². The van der Waals surface area contributed by atoms with Gasteiger partial charge in [0.25, 0.3) is 0 Å². The number of amides is 1. The van der Waals surface area contributed by atoms with Crippen LogP contribution in [0.25, 0.3) is 0 Å². The van der Waals surface area contributed by atoms with Crippen LogP contribution in [0.15, 0.2) is 16.8 Å². The van der Waals surface area contributed by atoms with Crippen LogP contribution in [0.2, 0.25) is 0 Å². The topological polar surface area (TPSA) is 49.6 Å². The molecule has 2 N–H and O–H groups in total. The maximum atomic E-state index is 12.2. The Kier molecular flexibility index (Phi) is 4.78. The SMILES string of the molecule is CC(C)(C(N)=S)N1CCN(C(=O)Cc2ccsc2)CC1. The minimum atomic E-state index is -0.280. The fraction of sp³-hybridized carbons (Fsp3) is 0.571. The van der Waals surface area contributed by atoms with E-state index >= 15 is 0 Å². The summed E-state index contributed by atoms with van der Waals surface area (Å²) in [5.74, 6) is 0.205. The number of carbonyl (C=O) groups is 1. The van der Waals surface area contributed by atoms with Crippen molar-refractivity contribution in [2.75, 3.05) is 26.2 Å². The van der Waals surface area contributed by atoms with Crippen LogP contribution in [0.1, 0.15) is 19.4 Å². The van der Waals surface area contributed by atoms with E-state index in [0.717, 1.165) is 31.7 Å². The molecule has 0 saturated carbocycles. The molecule has 6 heteroatoms. The van der Waals surface area contributed by atoms with Gasteiger partial charge in [0, 0.05) is 26.2 Å². The number of thiophene rings is 1. The van der Waals surface area contributed by atoms with Crippen LogP contribution in [-0.4, -0.2) is 52.4 Å². The summed E-state index contributed by atoms with van der Waals surface area (Å²) in [4.78, 5) is 16.9. The quantitative estimate of drug-likeness (QED) is 0.856. The standard InChI is InChI=1S/C14H21N3OS2/c1-14(2,13(15)19)17-6-4-16(5-7-17)12(18)9-11-3-8-20-10-11/h3,8,10H,4-7,9H2,1-2H3,(H2,15,19). The largest absolute Gasteiger partial charge is 0.392 e. The van der Waals surface area contributed by atoms with Gasteiger partial charge < -0.3 is 10.6 Å². The molecule has 0 radical (unpaired) electrons. The van der Waals surface area contributed by atoms with Gasteiger partial charge in [-0.25, -0.2) is 0 Å². The smallest absolute Gasteiger partial charge is 0.227 e. The molecule has 1 aliphatic rings. The van der Waals surface area contributed by atoms with Crippen LogP contribution in [0.5, 0.6) is 0 Å². The van der Waals surface area contributed by atoms with Crippen molar-refractivity contribution in [3.63, 3.8) is 0 Å². The summed E-state index contributed by atoms with van der Waals surface area (Å²) in [6.45, 7) is 7.21. The molecule has 1 amide bonds. The Morgan fingerprint density at radius 3 is 2.55 bits per heavy atom. The van der Waals surface area contributed by atoms with Crippen LogP contribution in [0.4, 0.5) is 0 Å². The van der Waals surface area contributed by atoms with Gasteiger partial charge in [0.05, 0.1) is 16.9 Å². The van der Waals surface area contributed by atoms with E-state index in [1.54, 1.807) is 11.3 Å². The summed E-state index contributed by atoms with van der Waals surface area (Å²) < 4.78 is 0. The zero-order chi connectivity index (χ0) is 14.8. The molecule has 0 atom stereocenters. The van der Waals surface area contributed by atoms with Gasteiger partial charge in [-0.2, -0.15) is 11.3 Å². The number of nitrogens with zero attached hydrogens (tertiary/aromatic N) is 2. The molecule has 1 aromatic rings. The first-order valence-electron chi connectivity index (χ1n) is 6.75. The van der Waals surface area contributed by atoms with Crippen molar-refractivity contribution in [1.29, 1.82) is 0 Å². The monoisotopic (exact) mass is 311 g/mol. The lowest BCUT2D eigenvalue weighted by atomic mass is 10.0. The summed E-state index contributed by atoms with van der Waals surface area (Å²) in [7, 11) is 0. The average molecular weight is 311 g/mol. The molecule has 110 valence electrons. The molecule has 2 heterocycles. The van der Waals surface area contributed by atoms with Crippen molar-refractivity contribution < 1.29 is 4.79 Å². The van der Waals surface area contributed by atoms with Crippen LogP contribution in [0.3, 0.4) is 0 Å². The van der Waals surface area contributed by atoms with Gasteiger partial charge in [-0.3, -0.25) is 9.69 Å². The Labute approximate surface area is 129 Å². The number of hydrogen-bond donors (Lipinski definition) is 1. The normalized spacial score (nSPS) is 17.2. The zero-order valence-electron chi connectivity index (χ0n) is 12.0. The fourth-order valence-corrected chi connectivity index (χ4v) is 3.15. The van der Waals surface area contributed by atoms with Crippen molar-refractivity contribution in [3.8, 4) is 0 Å². The number of nitrogens with two attached hydrogens (primary N) is 1. The highest BCUT2D eigenvalue weighted by molar-refractivity contribution is 7.80. The lowest BCUT2D eigenvalue weighted by molar-refractivity contribution is -0.132. The minimum absolute atomic E-state index is 0.205. The molecular formula is C14H21N3OS2. The van der Waals surface area contributed by atoms with E-state index in [1.807, 2.05) is 35.6 Å². The first kappa shape index (κ1) is 15.4. The van der Waals surface area contributed by atoms with Gasteiger partial charge >= 0.3 is 0 Å². The Balaban J connectivity index is 1.88. The third kappa shape index (κ3) is 3.37. The summed E-state index contributed by atoms with van der Waals surface area (Å²) >= 11 is 6.76. The highest BCUT2D eigenvalue weighted by Gasteiger charge is 2.33. The number of rotatable bonds is 4. The minimum Gasteiger partial charge on any atom is -0.392 e. The van der Waals surface area contributed by atoms with Crippen LogP contribution in [0, 0.1) is 0 Å². The summed E-state index contributed by atoms with van der Waals surface area (Å²) in [5.41, 5.74) is 6.62. The summed E-state index contributed by atoms with van der Waals surface area (Å²) in [6, 6.07) is 2.01. The van der Waals surface area contributed by atoms with Crippen LogP contribution < -0.4 is 5.73 Å². The second-order valence-electron chi connectivity index (χ2n) is 5.60. The van der Waals surface area contributed by atoms with E-state index in [4.69, 9.17) is 18.0 Å². The molecule has 0 aromatic carbocycles. The van der Waals surface area contributed by atoms with Crippen molar-refractivity contribution in [2.45, 2.75) is 25.8 Å². The molecule has 20 heavy (non-hydrogen) atoms. The molecule has 4 nitrogen and oxygen atoms in total. The van der Waals surface area contributed by atoms with Gasteiger partial charge in [0.2, 0.25) is 5.91 Å². The lowest BCUT2D eigenvalue weighted by Gasteiger charge is -2.43. The van der Waals surface area contributed by atoms with E-state index in [1.165, 1.54) is 0 Å². The van der Waals surface area contributed by atoms with Crippen molar-refractivity contribution in [3.05, 3.63) is 22.4 Å². The van der Waals surface area contributed by atoms with Gasteiger partial charge in [0.15, 0.2) is 0 Å². The van der Waals surface area contributed by atoms with Crippen LogP contribution >= 0.6 is 23.6 Å². The molecular weight excluding hydrogens is 290 g/mol. The molecule has 0 spiro atoms. The zero-order valence-corrected chi connectivity index (χ0v) is 13.6. The predicted octanol–water partition coefficient (Wildman–Crippen LogP) is 1.50. The van der Waals surface area contributed by atoms with Gasteiger partial charge in [-0.05, 0) is 36.2 Å². The summed E-state index contributed by atoms with van der Waals surface area (Å²) in [6.07, 6.45) is 0.502. The van der Waals surface area contributed by atoms with Gasteiger partial charge in [-0.1, -0.05) is 12.2 Å². The van der Waals surface area contributed by atoms with E-state index in [9.17, 15) is 4.79 Å². The second kappa shape index (κ2) is 6.20. The first-order chi connectivity index (χ1) is 9.41. The Morgan fingerprint density at radius 2 is 2.05 bits per heavy atom. The van der Waals surface area contributed by atoms with E-state index in [-0.39, 0.29) is 11.4 Å². The first-order valence-corrected chi connectivity index (χ1v) is 8.10. The third-order valence-corrected chi connectivity index (χ3v) is 5.19. The van der Waals surface area contributed by atoms with Crippen molar-refractivity contribution in [1.82, 2.24) is 9.80 Å². The predicted molar refractivity (Wildman–Crippen MR) is 87.0 cm³/mol. The highest BCUT2D eigenvalue weighted by Crippen LogP contribution is 2.18. The highest BCUT2D eigenvalue weighted by atomic mass is 32.1. The molecule has 1 aliphatic heterocycles. The Bertz CT molecular complexity index is 477. The molecule has 0 aliphatic carbocycles.